The van der Waals surface area contributed by atoms with Gasteiger partial charge in [-0.1, -0.05) is 4.98 Å². The van der Waals surface area contributed by atoms with E-state index in [-0.39, 0.29) is 23.5 Å². The third kappa shape index (κ3) is 5.71. The van der Waals surface area contributed by atoms with E-state index in [0.717, 1.165) is 0 Å². The molecule has 2 aromatic heterocycles. The molecule has 0 saturated carbocycles. The van der Waals surface area contributed by atoms with E-state index in [0.29, 0.717) is 0 Å². The molecule has 17 nitrogen and oxygen atoms in total. The summed E-state index contributed by atoms with van der Waals surface area (Å²) >= 11 is 0. The molecule has 1 aliphatic rings. The number of fused-ring (bicyclic) bond motifs is 1. The number of aromatic amines is 1. The maximum Gasteiger partial charge on any atom is 0.481 e. The van der Waals surface area contributed by atoms with Crippen LogP contribution in [0.5, 0.6) is 0 Å². The van der Waals surface area contributed by atoms with Crippen LogP contribution in [0.2, 0.25) is 0 Å². The molecule has 1 fully saturated rings. The Kier molecular flexibility index (Phi) is 7.34. The highest BCUT2D eigenvalue weighted by molar-refractivity contribution is 7.60. The van der Waals surface area contributed by atoms with Crippen molar-refractivity contribution in [3.05, 3.63) is 16.7 Å². The van der Waals surface area contributed by atoms with Crippen LogP contribution in [0.25, 0.3) is 11.2 Å². The fourth-order valence-corrected chi connectivity index (χ4v) is 5.20. The van der Waals surface area contributed by atoms with Gasteiger partial charge in [0, 0.05) is 26.4 Å². The molecule has 5 atom stereocenters. The van der Waals surface area contributed by atoms with Crippen LogP contribution in [0.4, 0.5) is 5.95 Å². The molecule has 0 spiro atoms. The van der Waals surface area contributed by atoms with Crippen molar-refractivity contribution in [3.63, 3.8) is 0 Å². The number of nitrogens with zero attached hydrogens (tertiary/aromatic N) is 4. The Morgan fingerprint density at radius 2 is 2.03 bits per heavy atom. The fraction of sp³-hybridized carbons (Fsp3) is 0.600. The highest BCUT2D eigenvalue weighted by Gasteiger charge is 2.49. The molecule has 0 radical (unpaired) electrons. The number of nitrogens with two attached hydrogens (primary N) is 1. The number of nitrogen functional groups attached to an aromatic ring is 1. The molecule has 7 N–H and O–H groups in total. The SMILES string of the molecule is CN(C)C(=O)C[C@@H]1C(COP(=O)(O)OP(=O)(O)O)O[C@@H]([n+]2cn(C)c3c(=O)[nH]c(N)nc32)[C@@H]1O. The Labute approximate surface area is 191 Å². The van der Waals surface area contributed by atoms with Crippen molar-refractivity contribution in [2.24, 2.45) is 13.0 Å². The van der Waals surface area contributed by atoms with Gasteiger partial charge >= 0.3 is 21.3 Å². The van der Waals surface area contributed by atoms with Crippen LogP contribution < -0.4 is 15.9 Å². The van der Waals surface area contributed by atoms with Gasteiger partial charge in [0.15, 0.2) is 6.33 Å². The zero-order valence-electron chi connectivity index (χ0n) is 18.2. The number of aliphatic hydroxyl groups is 1. The van der Waals surface area contributed by atoms with Gasteiger partial charge in [0.2, 0.25) is 17.7 Å². The first-order valence-corrected chi connectivity index (χ1v) is 12.7. The number of hydrogen-bond acceptors (Lipinski definition) is 10. The van der Waals surface area contributed by atoms with Crippen LogP contribution in [0.15, 0.2) is 11.1 Å². The second-order valence-electron chi connectivity index (χ2n) is 7.81. The van der Waals surface area contributed by atoms with E-state index >= 15 is 0 Å². The monoisotopic (exact) mass is 527 g/mol. The normalized spacial score (nSPS) is 24.9. The number of hydrogen-bond donors (Lipinski definition) is 6. The van der Waals surface area contributed by atoms with Crippen molar-refractivity contribution < 1.29 is 51.8 Å². The molecule has 34 heavy (non-hydrogen) atoms. The standard InChI is InChI=1S/C15H24N6O11P2/c1-19(2)9(22)4-7-8(5-30-34(28,29)32-33(25,26)27)31-14(11(7)23)21-6-20(3)10-12(21)17-15(16)18-13(10)24/h6-8,11,14,23H,4-5H2,1-3H3,(H5-,16,17,18,24,25,26,27,28,29)/p+1/t7-,8?,11-,14-/m1/s1. The van der Waals surface area contributed by atoms with Gasteiger partial charge < -0.3 is 35.2 Å². The largest absolute Gasteiger partial charge is 0.481 e. The lowest BCUT2D eigenvalue weighted by Gasteiger charge is -2.22. The van der Waals surface area contributed by atoms with Crippen molar-refractivity contribution in [2.45, 2.75) is 24.9 Å². The van der Waals surface area contributed by atoms with Crippen molar-refractivity contribution >= 4 is 38.7 Å². The molecule has 190 valence electrons. The lowest BCUT2D eigenvalue weighted by molar-refractivity contribution is -0.745. The van der Waals surface area contributed by atoms with Gasteiger partial charge in [0.25, 0.3) is 11.5 Å². The highest BCUT2D eigenvalue weighted by Crippen LogP contribution is 2.57. The van der Waals surface area contributed by atoms with E-state index < -0.39 is 58.1 Å². The molecule has 0 aliphatic carbocycles. The number of phosphoric ester groups is 1. The van der Waals surface area contributed by atoms with Gasteiger partial charge in [-0.2, -0.15) is 4.31 Å². The van der Waals surface area contributed by atoms with E-state index in [9.17, 15) is 28.7 Å². The topological polar surface area (TPSA) is 244 Å². The molecule has 1 saturated heterocycles. The van der Waals surface area contributed by atoms with Crippen LogP contribution in [0, 0.1) is 5.92 Å². The minimum Gasteiger partial charge on any atom is -0.386 e. The summed E-state index contributed by atoms with van der Waals surface area (Å²) in [6.45, 7) is -0.770. The molecule has 3 rings (SSSR count). The molecule has 0 bridgehead atoms. The van der Waals surface area contributed by atoms with E-state index in [2.05, 4.69) is 18.8 Å². The average Bonchev–Trinajstić information content (AvgIpc) is 3.15. The number of aliphatic hydroxyl groups excluding tert-OH is 1. The number of anilines is 1. The summed E-state index contributed by atoms with van der Waals surface area (Å²) in [5.74, 6) is -1.59. The average molecular weight is 527 g/mol. The van der Waals surface area contributed by atoms with Crippen molar-refractivity contribution in [2.75, 3.05) is 26.4 Å². The third-order valence-electron chi connectivity index (χ3n) is 5.11. The Bertz CT molecular complexity index is 1240. The minimum atomic E-state index is -5.35. The zero-order valence-corrected chi connectivity index (χ0v) is 20.0. The van der Waals surface area contributed by atoms with E-state index in [4.69, 9.17) is 20.3 Å². The fourth-order valence-electron chi connectivity index (χ4n) is 3.60. The second-order valence-corrected chi connectivity index (χ2v) is 10.6. The molecule has 1 aliphatic heterocycles. The van der Waals surface area contributed by atoms with Gasteiger partial charge in [-0.3, -0.25) is 23.7 Å². The number of carbonyl (C=O) groups excluding carboxylic acids is 1. The van der Waals surface area contributed by atoms with Crippen LogP contribution >= 0.6 is 15.6 Å². The number of nitrogens with one attached hydrogen (secondary N) is 1. The van der Waals surface area contributed by atoms with Gasteiger partial charge in [-0.15, -0.1) is 0 Å². The highest BCUT2D eigenvalue weighted by atomic mass is 31.3. The number of aromatic nitrogens is 4. The summed E-state index contributed by atoms with van der Waals surface area (Å²) in [5.41, 5.74) is 5.26. The van der Waals surface area contributed by atoms with Crippen molar-refractivity contribution in [3.8, 4) is 0 Å². The van der Waals surface area contributed by atoms with Crippen LogP contribution in [-0.2, 0) is 34.5 Å². The lowest BCUT2D eigenvalue weighted by atomic mass is 9.94. The number of phosphoric acid groups is 2. The maximum absolute atomic E-state index is 12.3. The van der Waals surface area contributed by atoms with Gasteiger partial charge in [0.1, 0.15) is 6.10 Å². The molecule has 2 aromatic rings. The Hall–Kier alpha value is -2.20. The van der Waals surface area contributed by atoms with Gasteiger partial charge in [-0.25, -0.2) is 13.7 Å². The number of carbonyl (C=O) groups is 1. The number of rotatable bonds is 8. The van der Waals surface area contributed by atoms with E-state index in [1.165, 1.54) is 34.5 Å². The molecular formula is C15H25N6O11P2+. The molecule has 0 aromatic carbocycles. The molecular weight excluding hydrogens is 502 g/mol. The Morgan fingerprint density at radius 3 is 2.62 bits per heavy atom. The first kappa shape index (κ1) is 26.4. The first-order chi connectivity index (χ1) is 15.6. The van der Waals surface area contributed by atoms with Crippen molar-refractivity contribution in [1.82, 2.24) is 19.4 Å². The smallest absolute Gasteiger partial charge is 0.386 e. The van der Waals surface area contributed by atoms with Crippen LogP contribution in [0.3, 0.4) is 0 Å². The Balaban J connectivity index is 1.95. The Morgan fingerprint density at radius 1 is 1.38 bits per heavy atom. The molecule has 3 heterocycles. The van der Waals surface area contributed by atoms with E-state index in [1.807, 2.05) is 0 Å². The number of imidazole rings is 1. The molecule has 1 amide bonds. The maximum atomic E-state index is 12.3. The third-order valence-corrected chi connectivity index (χ3v) is 7.26. The van der Waals surface area contributed by atoms with Crippen LogP contribution in [-0.4, -0.2) is 78.0 Å². The van der Waals surface area contributed by atoms with Crippen molar-refractivity contribution in [1.29, 1.82) is 0 Å². The second kappa shape index (κ2) is 9.45. The summed E-state index contributed by atoms with van der Waals surface area (Å²) in [6, 6.07) is 0. The first-order valence-electron chi connectivity index (χ1n) is 9.63. The summed E-state index contributed by atoms with van der Waals surface area (Å²) in [7, 11) is -6.05. The summed E-state index contributed by atoms with van der Waals surface area (Å²) in [4.78, 5) is 59.4. The predicted octanol–water partition coefficient (Wildman–Crippen LogP) is -2.29. The molecule has 19 heteroatoms. The number of aryl methyl sites for hydroxylation is 1. The number of amides is 1. The van der Waals surface area contributed by atoms with E-state index in [1.54, 1.807) is 7.05 Å². The minimum absolute atomic E-state index is 0.0599. The van der Waals surface area contributed by atoms with Gasteiger partial charge in [-0.05, 0) is 0 Å². The predicted molar refractivity (Wildman–Crippen MR) is 112 cm³/mol. The number of H-pyrrole nitrogens is 1. The zero-order chi connectivity index (χ0) is 25.6. The number of ether oxygens (including phenoxy) is 1. The summed E-state index contributed by atoms with van der Waals surface area (Å²) < 4.78 is 39.7. The summed E-state index contributed by atoms with van der Waals surface area (Å²) in [6.07, 6.45) is -2.69. The summed E-state index contributed by atoms with van der Waals surface area (Å²) in [5, 5.41) is 11.0. The lowest BCUT2D eigenvalue weighted by Crippen LogP contribution is -2.45. The quantitative estimate of drug-likeness (QED) is 0.157. The van der Waals surface area contributed by atoms with Crippen LogP contribution in [0.1, 0.15) is 12.6 Å². The molecule has 2 unspecified atom stereocenters. The van der Waals surface area contributed by atoms with Gasteiger partial charge in [0.05, 0.1) is 19.8 Å².